The molecule has 0 saturated carbocycles. The lowest BCUT2D eigenvalue weighted by atomic mass is 10.1. The van der Waals surface area contributed by atoms with E-state index >= 15 is 0 Å². The van der Waals surface area contributed by atoms with E-state index in [0.717, 1.165) is 17.0 Å². The van der Waals surface area contributed by atoms with Gasteiger partial charge in [0.1, 0.15) is 0 Å². The Morgan fingerprint density at radius 3 is 2.44 bits per heavy atom. The van der Waals surface area contributed by atoms with E-state index in [-0.39, 0.29) is 0 Å². The number of aromatic amines is 1. The molecule has 1 aromatic heterocycles. The van der Waals surface area contributed by atoms with Gasteiger partial charge in [-0.2, -0.15) is 18.3 Å². The number of aryl methyl sites for hydroxylation is 2. The monoisotopic (exact) mass is 235 g/mol. The molecule has 1 atom stereocenters. The smallest absolute Gasteiger partial charge is 0.310 e. The Bertz CT molecular complexity index is 324. The highest BCUT2D eigenvalue weighted by Gasteiger charge is 2.29. The molecule has 0 aliphatic heterocycles. The van der Waals surface area contributed by atoms with Crippen LogP contribution in [-0.2, 0) is 6.54 Å². The van der Waals surface area contributed by atoms with Crippen molar-refractivity contribution in [3.63, 3.8) is 0 Å². The van der Waals surface area contributed by atoms with E-state index in [1.54, 1.807) is 0 Å². The van der Waals surface area contributed by atoms with Gasteiger partial charge in [0.15, 0.2) is 0 Å². The summed E-state index contributed by atoms with van der Waals surface area (Å²) in [5.74, 6) is 0. The maximum absolute atomic E-state index is 12.1. The number of nitrogens with zero attached hydrogens (tertiary/aromatic N) is 1. The Morgan fingerprint density at radius 1 is 1.38 bits per heavy atom. The van der Waals surface area contributed by atoms with E-state index < -0.39 is 18.6 Å². The van der Waals surface area contributed by atoms with Gasteiger partial charge in [-0.3, -0.25) is 5.10 Å². The fourth-order valence-corrected chi connectivity index (χ4v) is 1.53. The van der Waals surface area contributed by atoms with Crippen LogP contribution in [0.15, 0.2) is 0 Å². The van der Waals surface area contributed by atoms with Crippen LogP contribution in [0, 0.1) is 13.8 Å². The first kappa shape index (κ1) is 13.0. The predicted octanol–water partition coefficient (Wildman–Crippen LogP) is 2.46. The number of H-pyrrole nitrogens is 1. The first-order chi connectivity index (χ1) is 7.29. The number of hydrogen-bond acceptors (Lipinski definition) is 2. The summed E-state index contributed by atoms with van der Waals surface area (Å²) in [5.41, 5.74) is 2.66. The van der Waals surface area contributed by atoms with Crippen molar-refractivity contribution < 1.29 is 13.2 Å². The average molecular weight is 235 g/mol. The Kier molecular flexibility index (Phi) is 3.96. The molecule has 0 amide bonds. The third-order valence-electron chi connectivity index (χ3n) is 2.45. The molecule has 0 aromatic carbocycles. The summed E-state index contributed by atoms with van der Waals surface area (Å²) in [4.78, 5) is 0. The highest BCUT2D eigenvalue weighted by molar-refractivity contribution is 5.22. The number of halogens is 3. The zero-order chi connectivity index (χ0) is 12.3. The van der Waals surface area contributed by atoms with Crippen molar-refractivity contribution >= 4 is 0 Å². The van der Waals surface area contributed by atoms with Crippen molar-refractivity contribution in [1.29, 1.82) is 0 Å². The molecule has 3 nitrogen and oxygen atoms in total. The second kappa shape index (κ2) is 4.86. The van der Waals surface area contributed by atoms with Crippen molar-refractivity contribution in [3.05, 3.63) is 17.0 Å². The van der Waals surface area contributed by atoms with Gasteiger partial charge in [0.05, 0.1) is 12.1 Å². The third kappa shape index (κ3) is 3.84. The second-order valence-corrected chi connectivity index (χ2v) is 4.01. The summed E-state index contributed by atoms with van der Waals surface area (Å²) in [5, 5.41) is 9.62. The van der Waals surface area contributed by atoms with Gasteiger partial charge in [-0.1, -0.05) is 0 Å². The first-order valence-electron chi connectivity index (χ1n) is 5.10. The van der Waals surface area contributed by atoms with Crippen LogP contribution in [0.5, 0.6) is 0 Å². The van der Waals surface area contributed by atoms with E-state index in [9.17, 15) is 13.2 Å². The molecular formula is C10H16F3N3. The van der Waals surface area contributed by atoms with Gasteiger partial charge in [-0.25, -0.2) is 0 Å². The molecule has 0 aliphatic carbocycles. The van der Waals surface area contributed by atoms with E-state index in [0.29, 0.717) is 6.54 Å². The number of nitrogens with one attached hydrogen (secondary N) is 2. The lowest BCUT2D eigenvalue weighted by Crippen LogP contribution is -2.30. The third-order valence-corrected chi connectivity index (χ3v) is 2.45. The first-order valence-corrected chi connectivity index (χ1v) is 5.10. The second-order valence-electron chi connectivity index (χ2n) is 4.01. The summed E-state index contributed by atoms with van der Waals surface area (Å²) in [6.45, 7) is 5.62. The number of rotatable bonds is 4. The summed E-state index contributed by atoms with van der Waals surface area (Å²) >= 11 is 0. The minimum absolute atomic E-state index is 0.408. The van der Waals surface area contributed by atoms with Gasteiger partial charge in [-0.15, -0.1) is 0 Å². The lowest BCUT2D eigenvalue weighted by molar-refractivity contribution is -0.139. The van der Waals surface area contributed by atoms with E-state index in [1.807, 2.05) is 13.8 Å². The maximum atomic E-state index is 12.1. The van der Waals surface area contributed by atoms with Crippen LogP contribution in [0.4, 0.5) is 13.2 Å². The van der Waals surface area contributed by atoms with Crippen molar-refractivity contribution in [2.75, 3.05) is 0 Å². The predicted molar refractivity (Wildman–Crippen MR) is 55.0 cm³/mol. The molecule has 0 radical (unpaired) electrons. The fourth-order valence-electron chi connectivity index (χ4n) is 1.53. The molecule has 16 heavy (non-hydrogen) atoms. The SMILES string of the molecule is Cc1n[nH]c(C)c1CNC(C)CC(F)(F)F. The van der Waals surface area contributed by atoms with Crippen LogP contribution in [0.1, 0.15) is 30.3 Å². The number of aromatic nitrogens is 2. The van der Waals surface area contributed by atoms with Gasteiger partial charge in [0.25, 0.3) is 0 Å². The fraction of sp³-hybridized carbons (Fsp3) is 0.700. The van der Waals surface area contributed by atoms with Crippen LogP contribution < -0.4 is 5.32 Å². The van der Waals surface area contributed by atoms with Crippen molar-refractivity contribution in [2.45, 2.75) is 46.0 Å². The zero-order valence-electron chi connectivity index (χ0n) is 9.57. The van der Waals surface area contributed by atoms with Crippen LogP contribution in [0.25, 0.3) is 0 Å². The molecule has 1 rings (SSSR count). The summed E-state index contributed by atoms with van der Waals surface area (Å²) < 4.78 is 36.2. The van der Waals surface area contributed by atoms with Crippen molar-refractivity contribution in [2.24, 2.45) is 0 Å². The summed E-state index contributed by atoms with van der Waals surface area (Å²) in [7, 11) is 0. The minimum atomic E-state index is -4.12. The van der Waals surface area contributed by atoms with Gasteiger partial charge in [0, 0.05) is 23.8 Å². The molecule has 1 heterocycles. The molecule has 6 heteroatoms. The van der Waals surface area contributed by atoms with E-state index in [2.05, 4.69) is 15.5 Å². The van der Waals surface area contributed by atoms with Gasteiger partial charge in [0.2, 0.25) is 0 Å². The van der Waals surface area contributed by atoms with Crippen LogP contribution >= 0.6 is 0 Å². The van der Waals surface area contributed by atoms with Crippen LogP contribution in [-0.4, -0.2) is 22.4 Å². The normalized spacial score (nSPS) is 14.1. The molecule has 92 valence electrons. The summed E-state index contributed by atoms with van der Waals surface area (Å²) in [6, 6.07) is -0.589. The molecule has 1 aromatic rings. The number of alkyl halides is 3. The molecule has 0 bridgehead atoms. The lowest BCUT2D eigenvalue weighted by Gasteiger charge is -2.15. The largest absolute Gasteiger partial charge is 0.390 e. The highest BCUT2D eigenvalue weighted by Crippen LogP contribution is 2.21. The topological polar surface area (TPSA) is 40.7 Å². The zero-order valence-corrected chi connectivity index (χ0v) is 9.57. The molecule has 2 N–H and O–H groups in total. The van der Waals surface area contributed by atoms with Gasteiger partial charge < -0.3 is 5.32 Å². The Balaban J connectivity index is 2.46. The van der Waals surface area contributed by atoms with Crippen molar-refractivity contribution in [3.8, 4) is 0 Å². The van der Waals surface area contributed by atoms with E-state index in [4.69, 9.17) is 0 Å². The maximum Gasteiger partial charge on any atom is 0.390 e. The quantitative estimate of drug-likeness (QED) is 0.841. The van der Waals surface area contributed by atoms with Gasteiger partial charge >= 0.3 is 6.18 Å². The minimum Gasteiger partial charge on any atom is -0.310 e. The molecule has 0 saturated heterocycles. The number of hydrogen-bond donors (Lipinski definition) is 2. The standard InChI is InChI=1S/C10H16F3N3/c1-6(4-10(11,12)13)14-5-9-7(2)15-16-8(9)3/h6,14H,4-5H2,1-3H3,(H,15,16). The van der Waals surface area contributed by atoms with Crippen LogP contribution in [0.2, 0.25) is 0 Å². The van der Waals surface area contributed by atoms with Gasteiger partial charge in [-0.05, 0) is 20.8 Å². The Labute approximate surface area is 92.4 Å². The molecule has 0 fully saturated rings. The molecular weight excluding hydrogens is 219 g/mol. The average Bonchev–Trinajstić information content (AvgIpc) is 2.41. The highest BCUT2D eigenvalue weighted by atomic mass is 19.4. The Hall–Kier alpha value is -1.04. The summed E-state index contributed by atoms with van der Waals surface area (Å²) in [6.07, 6.45) is -4.93. The Morgan fingerprint density at radius 2 is 2.00 bits per heavy atom. The van der Waals surface area contributed by atoms with Crippen LogP contribution in [0.3, 0.4) is 0 Å². The molecule has 0 aliphatic rings. The van der Waals surface area contributed by atoms with E-state index in [1.165, 1.54) is 6.92 Å². The molecule has 1 unspecified atom stereocenters. The van der Waals surface area contributed by atoms with Crippen molar-refractivity contribution in [1.82, 2.24) is 15.5 Å². The molecule has 0 spiro atoms.